The number of halogens is 2. The molecule has 0 aliphatic heterocycles. The summed E-state index contributed by atoms with van der Waals surface area (Å²) in [6.07, 6.45) is 3.30. The largest absolute Gasteiger partial charge is 0.312 e. The van der Waals surface area contributed by atoms with Crippen molar-refractivity contribution in [1.29, 1.82) is 0 Å². The molecule has 3 rings (SSSR count). The molecule has 0 saturated heterocycles. The second-order valence-corrected chi connectivity index (χ2v) is 6.13. The molecule has 0 bridgehead atoms. The van der Waals surface area contributed by atoms with Gasteiger partial charge in [-0.05, 0) is 38.4 Å². The van der Waals surface area contributed by atoms with Crippen LogP contribution in [0.3, 0.4) is 0 Å². The van der Waals surface area contributed by atoms with Crippen LogP contribution < -0.4 is 5.32 Å². The summed E-state index contributed by atoms with van der Waals surface area (Å²) in [5, 5.41) is 4.35. The van der Waals surface area contributed by atoms with Gasteiger partial charge in [-0.1, -0.05) is 17.7 Å². The van der Waals surface area contributed by atoms with Crippen LogP contribution in [-0.2, 0) is 6.42 Å². The van der Waals surface area contributed by atoms with E-state index in [9.17, 15) is 4.39 Å². The molecule has 5 heteroatoms. The smallest absolute Gasteiger partial charge is 0.142 e. The van der Waals surface area contributed by atoms with Crippen LogP contribution in [-0.4, -0.2) is 12.0 Å². The molecule has 1 aromatic heterocycles. The Hall–Kier alpha value is -0.970. The van der Waals surface area contributed by atoms with Gasteiger partial charge in [0, 0.05) is 16.5 Å². The molecule has 0 saturated carbocycles. The van der Waals surface area contributed by atoms with Gasteiger partial charge in [-0.15, -0.1) is 11.3 Å². The maximum Gasteiger partial charge on any atom is 0.142 e. The third-order valence-electron chi connectivity index (χ3n) is 3.47. The van der Waals surface area contributed by atoms with Gasteiger partial charge in [0.1, 0.15) is 10.8 Å². The summed E-state index contributed by atoms with van der Waals surface area (Å²) in [4.78, 5) is 5.95. The van der Waals surface area contributed by atoms with E-state index in [-0.39, 0.29) is 5.02 Å². The average Bonchev–Trinajstić information content (AvgIpc) is 2.85. The number of rotatable bonds is 2. The Labute approximate surface area is 120 Å². The summed E-state index contributed by atoms with van der Waals surface area (Å²) in [5.41, 5.74) is 1.96. The third-order valence-corrected chi connectivity index (χ3v) is 5.03. The molecule has 1 aromatic carbocycles. The van der Waals surface area contributed by atoms with E-state index in [1.165, 1.54) is 10.9 Å². The summed E-state index contributed by atoms with van der Waals surface area (Å²) in [5.74, 6) is -0.391. The van der Waals surface area contributed by atoms with Crippen molar-refractivity contribution < 1.29 is 4.39 Å². The van der Waals surface area contributed by atoms with Crippen molar-refractivity contribution in [2.45, 2.75) is 25.3 Å². The number of fused-ring (bicyclic) bond motifs is 1. The lowest BCUT2D eigenvalue weighted by Gasteiger charge is -2.19. The zero-order valence-corrected chi connectivity index (χ0v) is 12.1. The van der Waals surface area contributed by atoms with E-state index in [4.69, 9.17) is 11.6 Å². The van der Waals surface area contributed by atoms with Crippen molar-refractivity contribution in [3.8, 4) is 10.6 Å². The second-order valence-electron chi connectivity index (χ2n) is 4.69. The lowest BCUT2D eigenvalue weighted by molar-refractivity contribution is 0.501. The maximum absolute atomic E-state index is 13.5. The normalized spacial score (nSPS) is 18.4. The maximum atomic E-state index is 13.5. The molecular formula is C14H14ClFN2S. The minimum absolute atomic E-state index is 0.151. The molecule has 1 aliphatic rings. The first-order valence-corrected chi connectivity index (χ1v) is 7.51. The Bertz CT molecular complexity index is 611. The molecule has 2 nitrogen and oxygen atoms in total. The van der Waals surface area contributed by atoms with Gasteiger partial charge in [-0.25, -0.2) is 9.37 Å². The first kappa shape index (κ1) is 13.0. The molecule has 0 spiro atoms. The lowest BCUT2D eigenvalue weighted by atomic mass is 9.98. The molecule has 1 aliphatic carbocycles. The Morgan fingerprint density at radius 1 is 1.47 bits per heavy atom. The number of nitrogens with one attached hydrogen (secondary N) is 1. The monoisotopic (exact) mass is 296 g/mol. The van der Waals surface area contributed by atoms with E-state index in [1.807, 2.05) is 13.1 Å². The number of nitrogens with zero attached hydrogens (tertiary/aromatic N) is 1. The SMILES string of the molecule is CNC1CCCc2nc(-c3ccc(Cl)c(F)c3)sc21. The highest BCUT2D eigenvalue weighted by atomic mass is 35.5. The second kappa shape index (κ2) is 5.19. The van der Waals surface area contributed by atoms with Gasteiger partial charge in [0.15, 0.2) is 0 Å². The molecule has 0 fully saturated rings. The summed E-state index contributed by atoms with van der Waals surface area (Å²) >= 11 is 7.37. The topological polar surface area (TPSA) is 24.9 Å². The Morgan fingerprint density at radius 2 is 2.32 bits per heavy atom. The van der Waals surface area contributed by atoms with Gasteiger partial charge in [0.05, 0.1) is 10.7 Å². The number of hydrogen-bond donors (Lipinski definition) is 1. The number of aromatic nitrogens is 1. The van der Waals surface area contributed by atoms with Crippen LogP contribution in [0.15, 0.2) is 18.2 Å². The van der Waals surface area contributed by atoms with Crippen molar-refractivity contribution in [1.82, 2.24) is 10.3 Å². The average molecular weight is 297 g/mol. The molecular weight excluding hydrogens is 283 g/mol. The van der Waals surface area contributed by atoms with E-state index in [0.717, 1.165) is 35.5 Å². The molecule has 100 valence electrons. The Balaban J connectivity index is 2.02. The van der Waals surface area contributed by atoms with E-state index < -0.39 is 5.82 Å². The fourth-order valence-corrected chi connectivity index (χ4v) is 3.82. The van der Waals surface area contributed by atoms with Crippen molar-refractivity contribution >= 4 is 22.9 Å². The minimum Gasteiger partial charge on any atom is -0.312 e. The zero-order chi connectivity index (χ0) is 13.4. The predicted molar refractivity (Wildman–Crippen MR) is 77.3 cm³/mol. The van der Waals surface area contributed by atoms with Gasteiger partial charge in [0.2, 0.25) is 0 Å². The van der Waals surface area contributed by atoms with Crippen molar-refractivity contribution in [2.75, 3.05) is 7.05 Å². The van der Waals surface area contributed by atoms with Crippen molar-refractivity contribution in [3.05, 3.63) is 39.6 Å². The number of aryl methyl sites for hydroxylation is 1. The van der Waals surface area contributed by atoms with Crippen molar-refractivity contribution in [2.24, 2.45) is 0 Å². The predicted octanol–water partition coefficient (Wildman–Crippen LogP) is 4.20. The molecule has 1 N–H and O–H groups in total. The van der Waals surface area contributed by atoms with Crippen LogP contribution in [0.5, 0.6) is 0 Å². The quantitative estimate of drug-likeness (QED) is 0.898. The highest BCUT2D eigenvalue weighted by molar-refractivity contribution is 7.15. The Morgan fingerprint density at radius 3 is 3.05 bits per heavy atom. The standard InChI is InChI=1S/C14H14ClFN2S/c1-17-11-3-2-4-12-13(11)19-14(18-12)8-5-6-9(15)10(16)7-8/h5-7,11,17H,2-4H2,1H3. The molecule has 0 amide bonds. The van der Waals surface area contributed by atoms with Crippen LogP contribution in [0.4, 0.5) is 4.39 Å². The van der Waals surface area contributed by atoms with Crippen LogP contribution >= 0.6 is 22.9 Å². The first-order valence-electron chi connectivity index (χ1n) is 6.31. The van der Waals surface area contributed by atoms with Gasteiger partial charge >= 0.3 is 0 Å². The third kappa shape index (κ3) is 2.40. The Kier molecular flexibility index (Phi) is 3.56. The van der Waals surface area contributed by atoms with Crippen LogP contribution in [0.25, 0.3) is 10.6 Å². The zero-order valence-electron chi connectivity index (χ0n) is 10.5. The number of thiazole rings is 1. The van der Waals surface area contributed by atoms with Crippen LogP contribution in [0, 0.1) is 5.82 Å². The fourth-order valence-electron chi connectivity index (χ4n) is 2.45. The molecule has 0 radical (unpaired) electrons. The van der Waals surface area contributed by atoms with Crippen LogP contribution in [0.2, 0.25) is 5.02 Å². The number of benzene rings is 1. The van der Waals surface area contributed by atoms with E-state index in [0.29, 0.717) is 6.04 Å². The van der Waals surface area contributed by atoms with E-state index in [2.05, 4.69) is 10.3 Å². The van der Waals surface area contributed by atoms with Gasteiger partial charge in [0.25, 0.3) is 0 Å². The highest BCUT2D eigenvalue weighted by Gasteiger charge is 2.23. The molecule has 1 unspecified atom stereocenters. The van der Waals surface area contributed by atoms with Gasteiger partial charge < -0.3 is 5.32 Å². The molecule has 19 heavy (non-hydrogen) atoms. The molecule has 1 heterocycles. The van der Waals surface area contributed by atoms with Gasteiger partial charge in [-0.2, -0.15) is 0 Å². The summed E-state index contributed by atoms with van der Waals surface area (Å²) in [6, 6.07) is 5.25. The highest BCUT2D eigenvalue weighted by Crippen LogP contribution is 2.38. The van der Waals surface area contributed by atoms with E-state index in [1.54, 1.807) is 17.4 Å². The lowest BCUT2D eigenvalue weighted by Crippen LogP contribution is -2.19. The minimum atomic E-state index is -0.391. The summed E-state index contributed by atoms with van der Waals surface area (Å²) in [6.45, 7) is 0. The fraction of sp³-hybridized carbons (Fsp3) is 0.357. The molecule has 2 aromatic rings. The van der Waals surface area contributed by atoms with Gasteiger partial charge in [-0.3, -0.25) is 0 Å². The van der Waals surface area contributed by atoms with E-state index >= 15 is 0 Å². The summed E-state index contributed by atoms with van der Waals surface area (Å²) < 4.78 is 13.5. The van der Waals surface area contributed by atoms with Crippen molar-refractivity contribution in [3.63, 3.8) is 0 Å². The van der Waals surface area contributed by atoms with Crippen LogP contribution in [0.1, 0.15) is 29.5 Å². The summed E-state index contributed by atoms with van der Waals surface area (Å²) in [7, 11) is 1.97. The molecule has 1 atom stereocenters. The number of hydrogen-bond acceptors (Lipinski definition) is 3. The first-order chi connectivity index (χ1) is 9.19.